The molecule has 1 fully saturated rings. The van der Waals surface area contributed by atoms with Crippen LogP contribution in [0.4, 0.5) is 0 Å². The zero-order chi connectivity index (χ0) is 10.7. The van der Waals surface area contributed by atoms with Gasteiger partial charge in [-0.25, -0.2) is 0 Å². The van der Waals surface area contributed by atoms with Gasteiger partial charge in [0.1, 0.15) is 0 Å². The molecule has 0 amide bonds. The first kappa shape index (κ1) is 10.4. The Kier molecular flexibility index (Phi) is 3.22. The van der Waals surface area contributed by atoms with Crippen LogP contribution in [0.5, 0.6) is 0 Å². The summed E-state index contributed by atoms with van der Waals surface area (Å²) >= 11 is 0. The summed E-state index contributed by atoms with van der Waals surface area (Å²) in [5, 5.41) is 0. The van der Waals surface area contributed by atoms with Gasteiger partial charge >= 0.3 is 0 Å². The van der Waals surface area contributed by atoms with Crippen molar-refractivity contribution in [1.82, 2.24) is 0 Å². The Morgan fingerprint density at radius 3 is 2.53 bits per heavy atom. The van der Waals surface area contributed by atoms with Crippen LogP contribution >= 0.6 is 0 Å². The van der Waals surface area contributed by atoms with E-state index >= 15 is 0 Å². The van der Waals surface area contributed by atoms with Gasteiger partial charge in [-0.15, -0.1) is 0 Å². The zero-order valence-electron chi connectivity index (χ0n) is 9.28. The number of benzene rings is 1. The lowest BCUT2D eigenvalue weighted by Gasteiger charge is -2.29. The minimum absolute atomic E-state index is 0.293. The molecule has 15 heavy (non-hydrogen) atoms. The van der Waals surface area contributed by atoms with Gasteiger partial charge in [0, 0.05) is 5.92 Å². The van der Waals surface area contributed by atoms with Crippen molar-refractivity contribution in [3.8, 4) is 0 Å². The maximum absolute atomic E-state index is 5.88. The lowest BCUT2D eigenvalue weighted by atomic mass is 9.91. The van der Waals surface area contributed by atoms with E-state index in [-0.39, 0.29) is 0 Å². The minimum atomic E-state index is 0.293. The molecule has 2 rings (SSSR count). The molecule has 1 saturated heterocycles. The maximum Gasteiger partial charge on any atom is 0.0825 e. The van der Waals surface area contributed by atoms with Crippen molar-refractivity contribution in [2.24, 2.45) is 5.92 Å². The molecule has 1 aliphatic heterocycles. The highest BCUT2D eigenvalue weighted by Gasteiger charge is 2.22. The molecule has 2 atom stereocenters. The average molecular weight is 202 g/mol. The maximum atomic E-state index is 5.88. The summed E-state index contributed by atoms with van der Waals surface area (Å²) in [7, 11) is 0. The predicted molar refractivity (Wildman–Crippen MR) is 62.7 cm³/mol. The van der Waals surface area contributed by atoms with Crippen LogP contribution in [0.1, 0.15) is 31.4 Å². The molecule has 80 valence electrons. The molecule has 1 aromatic rings. The van der Waals surface area contributed by atoms with Crippen molar-refractivity contribution < 1.29 is 4.74 Å². The van der Waals surface area contributed by atoms with Crippen LogP contribution in [-0.4, -0.2) is 6.61 Å². The summed E-state index contributed by atoms with van der Waals surface area (Å²) in [5.41, 5.74) is 2.55. The first-order valence-corrected chi connectivity index (χ1v) is 5.59. The van der Waals surface area contributed by atoms with Crippen LogP contribution < -0.4 is 0 Å². The van der Waals surface area contributed by atoms with Crippen molar-refractivity contribution in [1.29, 1.82) is 0 Å². The van der Waals surface area contributed by atoms with E-state index in [1.54, 1.807) is 0 Å². The van der Waals surface area contributed by atoms with E-state index < -0.39 is 0 Å². The topological polar surface area (TPSA) is 9.23 Å². The minimum Gasteiger partial charge on any atom is -0.373 e. The van der Waals surface area contributed by atoms with Crippen molar-refractivity contribution in [2.75, 3.05) is 6.61 Å². The molecule has 1 nitrogen and oxygen atoms in total. The number of hydrogen-bond donors (Lipinski definition) is 0. The third kappa shape index (κ3) is 2.48. The van der Waals surface area contributed by atoms with E-state index in [1.165, 1.54) is 17.6 Å². The second-order valence-corrected chi connectivity index (χ2v) is 4.35. The summed E-state index contributed by atoms with van der Waals surface area (Å²) in [4.78, 5) is 0. The number of ether oxygens (including phenoxy) is 1. The predicted octanol–water partition coefficient (Wildman–Crippen LogP) is 3.73. The molecule has 1 heteroatoms. The van der Waals surface area contributed by atoms with Gasteiger partial charge in [0.2, 0.25) is 0 Å². The smallest absolute Gasteiger partial charge is 0.0825 e. The highest BCUT2D eigenvalue weighted by atomic mass is 16.5. The summed E-state index contributed by atoms with van der Waals surface area (Å²) in [6, 6.07) is 10.5. The van der Waals surface area contributed by atoms with Crippen molar-refractivity contribution in [3.05, 3.63) is 48.0 Å². The molecule has 1 heterocycles. The molecule has 1 aliphatic rings. The van der Waals surface area contributed by atoms with Gasteiger partial charge in [-0.2, -0.15) is 0 Å². The first-order valence-electron chi connectivity index (χ1n) is 5.59. The van der Waals surface area contributed by atoms with Crippen LogP contribution in [0.15, 0.2) is 42.5 Å². The van der Waals surface area contributed by atoms with E-state index in [4.69, 9.17) is 4.74 Å². The Bertz CT molecular complexity index is 320. The summed E-state index contributed by atoms with van der Waals surface area (Å²) in [6.07, 6.45) is 2.61. The lowest BCUT2D eigenvalue weighted by molar-refractivity contribution is -0.00779. The SMILES string of the molecule is C=C(C)[C@@H]1CC[C@@H](c2ccccc2)OC1. The molecule has 0 aliphatic carbocycles. The molecule has 1 aromatic carbocycles. The van der Waals surface area contributed by atoms with Gasteiger partial charge in [-0.05, 0) is 25.3 Å². The molecule has 0 aromatic heterocycles. The van der Waals surface area contributed by atoms with Gasteiger partial charge in [-0.1, -0.05) is 42.5 Å². The molecule has 0 unspecified atom stereocenters. The van der Waals surface area contributed by atoms with Crippen LogP contribution in [0.25, 0.3) is 0 Å². The fourth-order valence-electron chi connectivity index (χ4n) is 2.07. The second kappa shape index (κ2) is 4.63. The fraction of sp³-hybridized carbons (Fsp3) is 0.429. The van der Waals surface area contributed by atoms with Gasteiger partial charge in [0.15, 0.2) is 0 Å². The standard InChI is InChI=1S/C14H18O/c1-11(2)13-8-9-14(15-10-13)12-6-4-3-5-7-12/h3-7,13-14H,1,8-10H2,2H3/t13-,14+/m1/s1. The highest BCUT2D eigenvalue weighted by Crippen LogP contribution is 2.32. The fourth-order valence-corrected chi connectivity index (χ4v) is 2.07. The Hall–Kier alpha value is -1.08. The van der Waals surface area contributed by atoms with Crippen LogP contribution in [0, 0.1) is 5.92 Å². The van der Waals surface area contributed by atoms with Gasteiger partial charge in [0.25, 0.3) is 0 Å². The third-order valence-electron chi connectivity index (χ3n) is 3.14. The quantitative estimate of drug-likeness (QED) is 0.664. The molecular weight excluding hydrogens is 184 g/mol. The van der Waals surface area contributed by atoms with Crippen LogP contribution in [-0.2, 0) is 4.74 Å². The molecule has 0 N–H and O–H groups in total. The molecule has 0 radical (unpaired) electrons. The van der Waals surface area contributed by atoms with E-state index in [0.717, 1.165) is 13.0 Å². The number of hydrogen-bond acceptors (Lipinski definition) is 1. The summed E-state index contributed by atoms with van der Waals surface area (Å²) in [6.45, 7) is 6.92. The average Bonchev–Trinajstić information content (AvgIpc) is 2.30. The van der Waals surface area contributed by atoms with Gasteiger partial charge in [0.05, 0.1) is 12.7 Å². The monoisotopic (exact) mass is 202 g/mol. The summed E-state index contributed by atoms with van der Waals surface area (Å²) in [5.74, 6) is 0.560. The van der Waals surface area contributed by atoms with Crippen LogP contribution in [0.2, 0.25) is 0 Å². The Morgan fingerprint density at radius 2 is 2.00 bits per heavy atom. The van der Waals surface area contributed by atoms with E-state index in [9.17, 15) is 0 Å². The Balaban J connectivity index is 1.97. The van der Waals surface area contributed by atoms with E-state index in [1.807, 2.05) is 6.07 Å². The molecule has 0 saturated carbocycles. The lowest BCUT2D eigenvalue weighted by Crippen LogP contribution is -2.21. The van der Waals surface area contributed by atoms with Crippen molar-refractivity contribution in [2.45, 2.75) is 25.9 Å². The van der Waals surface area contributed by atoms with Crippen molar-refractivity contribution >= 4 is 0 Å². The van der Waals surface area contributed by atoms with Crippen molar-refractivity contribution in [3.63, 3.8) is 0 Å². The van der Waals surface area contributed by atoms with E-state index in [2.05, 4.69) is 37.8 Å². The second-order valence-electron chi connectivity index (χ2n) is 4.35. The molecular formula is C14H18O. The largest absolute Gasteiger partial charge is 0.373 e. The Morgan fingerprint density at radius 1 is 1.27 bits per heavy atom. The Labute approximate surface area is 91.8 Å². The third-order valence-corrected chi connectivity index (χ3v) is 3.14. The summed E-state index contributed by atoms with van der Waals surface area (Å²) < 4.78 is 5.88. The van der Waals surface area contributed by atoms with Gasteiger partial charge in [-0.3, -0.25) is 0 Å². The van der Waals surface area contributed by atoms with E-state index in [0.29, 0.717) is 12.0 Å². The normalized spacial score (nSPS) is 26.2. The number of rotatable bonds is 2. The highest BCUT2D eigenvalue weighted by molar-refractivity contribution is 5.18. The van der Waals surface area contributed by atoms with Crippen LogP contribution in [0.3, 0.4) is 0 Å². The first-order chi connectivity index (χ1) is 7.27. The van der Waals surface area contributed by atoms with Gasteiger partial charge < -0.3 is 4.74 Å². The zero-order valence-corrected chi connectivity index (χ0v) is 9.28. The molecule has 0 bridgehead atoms. The molecule has 0 spiro atoms.